The maximum absolute atomic E-state index is 9.27. The lowest BCUT2D eigenvalue weighted by Gasteiger charge is -2.12. The molecule has 0 radical (unpaired) electrons. The molecule has 5 heteroatoms. The molecule has 0 saturated heterocycles. The Hall–Kier alpha value is -1.20. The largest absolute Gasteiger partial charge is 0.488 e. The second-order valence-electron chi connectivity index (χ2n) is 5.05. The van der Waals surface area contributed by atoms with Gasteiger partial charge in [-0.1, -0.05) is 0 Å². The van der Waals surface area contributed by atoms with Crippen LogP contribution in [0.25, 0.3) is 0 Å². The second kappa shape index (κ2) is 4.24. The van der Waals surface area contributed by atoms with E-state index in [0.717, 1.165) is 11.4 Å². The number of hydrogen-bond acceptors (Lipinski definition) is 4. The van der Waals surface area contributed by atoms with Gasteiger partial charge in [0, 0.05) is 23.5 Å². The van der Waals surface area contributed by atoms with Crippen LogP contribution in [0.2, 0.25) is 0 Å². The molecule has 2 saturated carbocycles. The SMILES string of the molecule is OB(O)c1cc(NC2CC2)cc(NC2CC2)c1. The normalized spacial score (nSPS) is 18.9. The molecule has 0 aromatic heterocycles. The molecule has 2 aliphatic rings. The van der Waals surface area contributed by atoms with E-state index in [1.165, 1.54) is 25.7 Å². The van der Waals surface area contributed by atoms with E-state index in [9.17, 15) is 10.0 Å². The molecule has 0 unspecified atom stereocenters. The van der Waals surface area contributed by atoms with Crippen molar-refractivity contribution in [3.63, 3.8) is 0 Å². The Bertz CT molecular complexity index is 385. The Morgan fingerprint density at radius 2 is 1.35 bits per heavy atom. The average Bonchev–Trinajstić information content (AvgIpc) is 3.13. The Morgan fingerprint density at radius 1 is 0.882 bits per heavy atom. The minimum absolute atomic E-state index is 0.541. The van der Waals surface area contributed by atoms with Crippen molar-refractivity contribution < 1.29 is 10.0 Å². The molecule has 1 aromatic rings. The molecule has 2 fully saturated rings. The van der Waals surface area contributed by atoms with E-state index in [0.29, 0.717) is 17.5 Å². The van der Waals surface area contributed by atoms with E-state index in [2.05, 4.69) is 10.6 Å². The zero-order chi connectivity index (χ0) is 11.8. The maximum Gasteiger partial charge on any atom is 0.488 e. The molecular weight excluding hydrogens is 215 g/mol. The summed E-state index contributed by atoms with van der Waals surface area (Å²) in [6, 6.07) is 6.79. The first-order valence-electron chi connectivity index (χ1n) is 6.25. The zero-order valence-electron chi connectivity index (χ0n) is 9.69. The lowest BCUT2D eigenvalue weighted by Crippen LogP contribution is -2.30. The van der Waals surface area contributed by atoms with Crippen molar-refractivity contribution in [1.82, 2.24) is 0 Å². The number of hydrogen-bond donors (Lipinski definition) is 4. The highest BCUT2D eigenvalue weighted by atomic mass is 16.4. The van der Waals surface area contributed by atoms with Crippen LogP contribution >= 0.6 is 0 Å². The Balaban J connectivity index is 1.81. The minimum atomic E-state index is -1.41. The molecule has 17 heavy (non-hydrogen) atoms. The van der Waals surface area contributed by atoms with Crippen LogP contribution in [-0.2, 0) is 0 Å². The Labute approximate surface area is 101 Å². The smallest absolute Gasteiger partial charge is 0.423 e. The summed E-state index contributed by atoms with van der Waals surface area (Å²) in [7, 11) is -1.41. The predicted octanol–water partition coefficient (Wildman–Crippen LogP) is 0.515. The molecule has 0 spiro atoms. The van der Waals surface area contributed by atoms with Crippen LogP contribution in [0.4, 0.5) is 11.4 Å². The molecule has 0 atom stereocenters. The molecule has 3 rings (SSSR count). The van der Waals surface area contributed by atoms with Crippen LogP contribution in [0.3, 0.4) is 0 Å². The van der Waals surface area contributed by atoms with Gasteiger partial charge >= 0.3 is 7.12 Å². The van der Waals surface area contributed by atoms with Gasteiger partial charge in [0.2, 0.25) is 0 Å². The predicted molar refractivity (Wildman–Crippen MR) is 69.6 cm³/mol. The molecular formula is C12H17BN2O2. The molecule has 0 aliphatic heterocycles. The molecule has 90 valence electrons. The van der Waals surface area contributed by atoms with Crippen LogP contribution in [-0.4, -0.2) is 29.3 Å². The van der Waals surface area contributed by atoms with Gasteiger partial charge in [-0.05, 0) is 49.3 Å². The van der Waals surface area contributed by atoms with Gasteiger partial charge in [0.25, 0.3) is 0 Å². The first-order chi connectivity index (χ1) is 8.20. The lowest BCUT2D eigenvalue weighted by atomic mass is 9.80. The minimum Gasteiger partial charge on any atom is -0.423 e. The summed E-state index contributed by atoms with van der Waals surface area (Å²) in [6.07, 6.45) is 4.82. The van der Waals surface area contributed by atoms with Crippen molar-refractivity contribution in [2.24, 2.45) is 0 Å². The van der Waals surface area contributed by atoms with Gasteiger partial charge in [-0.25, -0.2) is 0 Å². The van der Waals surface area contributed by atoms with Crippen molar-refractivity contribution >= 4 is 24.0 Å². The van der Waals surface area contributed by atoms with Crippen LogP contribution in [0.1, 0.15) is 25.7 Å². The lowest BCUT2D eigenvalue weighted by molar-refractivity contribution is 0.426. The third kappa shape index (κ3) is 2.93. The van der Waals surface area contributed by atoms with Crippen molar-refractivity contribution in [3.8, 4) is 0 Å². The van der Waals surface area contributed by atoms with Crippen LogP contribution in [0, 0.1) is 0 Å². The fraction of sp³-hybridized carbons (Fsp3) is 0.500. The fourth-order valence-electron chi connectivity index (χ4n) is 1.89. The van der Waals surface area contributed by atoms with Crippen molar-refractivity contribution in [3.05, 3.63) is 18.2 Å². The standard InChI is InChI=1S/C12H17BN2O2/c16-13(17)8-5-11(14-9-1-2-9)7-12(6-8)15-10-3-4-10/h5-7,9-10,14-17H,1-4H2. The summed E-state index contributed by atoms with van der Waals surface area (Å²) in [5, 5.41) is 25.3. The number of rotatable bonds is 5. The van der Waals surface area contributed by atoms with E-state index < -0.39 is 7.12 Å². The number of benzene rings is 1. The Kier molecular flexibility index (Phi) is 2.72. The van der Waals surface area contributed by atoms with E-state index in [4.69, 9.17) is 0 Å². The highest BCUT2D eigenvalue weighted by molar-refractivity contribution is 6.58. The van der Waals surface area contributed by atoms with E-state index in [-0.39, 0.29) is 0 Å². The summed E-state index contributed by atoms with van der Waals surface area (Å²) >= 11 is 0. The monoisotopic (exact) mass is 232 g/mol. The summed E-state index contributed by atoms with van der Waals surface area (Å²) < 4.78 is 0. The van der Waals surface area contributed by atoms with Gasteiger partial charge in [-0.15, -0.1) is 0 Å². The van der Waals surface area contributed by atoms with Gasteiger partial charge in [0.15, 0.2) is 0 Å². The molecule has 0 amide bonds. The van der Waals surface area contributed by atoms with Crippen LogP contribution < -0.4 is 16.1 Å². The zero-order valence-corrected chi connectivity index (χ0v) is 9.69. The first-order valence-corrected chi connectivity index (χ1v) is 6.25. The Morgan fingerprint density at radius 3 is 1.71 bits per heavy atom. The van der Waals surface area contributed by atoms with Crippen molar-refractivity contribution in [2.45, 2.75) is 37.8 Å². The summed E-state index contributed by atoms with van der Waals surface area (Å²) in [4.78, 5) is 0. The molecule has 4 nitrogen and oxygen atoms in total. The number of nitrogens with one attached hydrogen (secondary N) is 2. The van der Waals surface area contributed by atoms with Gasteiger partial charge in [0.1, 0.15) is 0 Å². The third-order valence-electron chi connectivity index (χ3n) is 3.15. The van der Waals surface area contributed by atoms with Crippen LogP contribution in [0.5, 0.6) is 0 Å². The topological polar surface area (TPSA) is 64.5 Å². The van der Waals surface area contributed by atoms with E-state index >= 15 is 0 Å². The molecule has 4 N–H and O–H groups in total. The second-order valence-corrected chi connectivity index (χ2v) is 5.05. The summed E-state index contributed by atoms with van der Waals surface area (Å²) in [6.45, 7) is 0. The quantitative estimate of drug-likeness (QED) is 0.559. The van der Waals surface area contributed by atoms with E-state index in [1.54, 1.807) is 12.1 Å². The molecule has 0 heterocycles. The maximum atomic E-state index is 9.27. The van der Waals surface area contributed by atoms with Gasteiger partial charge < -0.3 is 20.7 Å². The number of anilines is 2. The van der Waals surface area contributed by atoms with Gasteiger partial charge in [0.05, 0.1) is 0 Å². The highest BCUT2D eigenvalue weighted by Crippen LogP contribution is 2.28. The van der Waals surface area contributed by atoms with Crippen LogP contribution in [0.15, 0.2) is 18.2 Å². The third-order valence-corrected chi connectivity index (χ3v) is 3.15. The van der Waals surface area contributed by atoms with E-state index in [1.807, 2.05) is 6.07 Å². The first kappa shape index (κ1) is 10.9. The molecule has 1 aromatic carbocycles. The van der Waals surface area contributed by atoms with Crippen molar-refractivity contribution in [1.29, 1.82) is 0 Å². The molecule has 2 aliphatic carbocycles. The van der Waals surface area contributed by atoms with Crippen molar-refractivity contribution in [2.75, 3.05) is 10.6 Å². The van der Waals surface area contributed by atoms with Gasteiger partial charge in [-0.2, -0.15) is 0 Å². The molecule has 0 bridgehead atoms. The van der Waals surface area contributed by atoms with Gasteiger partial charge in [-0.3, -0.25) is 0 Å². The summed E-state index contributed by atoms with van der Waals surface area (Å²) in [5.74, 6) is 0. The fourth-order valence-corrected chi connectivity index (χ4v) is 1.89. The summed E-state index contributed by atoms with van der Waals surface area (Å²) in [5.41, 5.74) is 2.49. The average molecular weight is 232 g/mol. The highest BCUT2D eigenvalue weighted by Gasteiger charge is 2.24.